The number of carbonyl (C=O) groups excluding carboxylic acids is 4. The van der Waals surface area contributed by atoms with Gasteiger partial charge in [0.25, 0.3) is 0 Å². The zero-order valence-electron chi connectivity index (χ0n) is 31.5. The van der Waals surface area contributed by atoms with E-state index in [1.165, 1.54) is 0 Å². The van der Waals surface area contributed by atoms with Gasteiger partial charge in [-0.3, -0.25) is 29.0 Å². The molecule has 0 radical (unpaired) electrons. The minimum absolute atomic E-state index is 0.0480. The van der Waals surface area contributed by atoms with Gasteiger partial charge in [0.05, 0.1) is 24.7 Å². The van der Waals surface area contributed by atoms with Gasteiger partial charge in [0.15, 0.2) is 0 Å². The topological polar surface area (TPSA) is 106 Å². The third kappa shape index (κ3) is 8.55. The molecule has 4 amide bonds. The van der Waals surface area contributed by atoms with Gasteiger partial charge in [-0.25, -0.2) is 0 Å². The number of hydrogen-bond acceptors (Lipinski definition) is 7. The predicted molar refractivity (Wildman–Crippen MR) is 188 cm³/mol. The second-order valence-corrected chi connectivity index (χ2v) is 16.4. The minimum atomic E-state index is -0.668. The van der Waals surface area contributed by atoms with Gasteiger partial charge in [-0.2, -0.15) is 0 Å². The summed E-state index contributed by atoms with van der Waals surface area (Å²) in [5, 5.41) is 3.16. The van der Waals surface area contributed by atoms with Gasteiger partial charge < -0.3 is 24.8 Å². The van der Waals surface area contributed by atoms with Crippen LogP contribution in [0.2, 0.25) is 0 Å². The summed E-state index contributed by atoms with van der Waals surface area (Å²) in [6.07, 6.45) is 8.91. The largest absolute Gasteiger partial charge is 0.383 e. The van der Waals surface area contributed by atoms with Crippen molar-refractivity contribution >= 4 is 23.6 Å². The Kier molecular flexibility index (Phi) is 13.4. The minimum Gasteiger partial charge on any atom is -0.383 e. The Hall–Kier alpha value is -2.24. The van der Waals surface area contributed by atoms with Crippen molar-refractivity contribution in [1.29, 1.82) is 0 Å². The second-order valence-electron chi connectivity index (χ2n) is 16.4. The summed E-state index contributed by atoms with van der Waals surface area (Å²) >= 11 is 0. The molecular formula is C37H66N6O5. The summed E-state index contributed by atoms with van der Waals surface area (Å²) in [6, 6.07) is -1.50. The molecule has 0 aromatic rings. The molecule has 4 aliphatic rings. The molecule has 4 fully saturated rings. The number of hydrogen-bond donors (Lipinski definition) is 1. The molecule has 7 atom stereocenters. The quantitative estimate of drug-likeness (QED) is 0.339. The van der Waals surface area contributed by atoms with Crippen LogP contribution in [0.5, 0.6) is 0 Å². The number of piperidine rings is 1. The second kappa shape index (κ2) is 16.6. The van der Waals surface area contributed by atoms with Crippen molar-refractivity contribution in [3.63, 3.8) is 0 Å². The summed E-state index contributed by atoms with van der Waals surface area (Å²) < 4.78 is 5.48. The van der Waals surface area contributed by atoms with E-state index >= 15 is 0 Å². The van der Waals surface area contributed by atoms with Crippen molar-refractivity contribution < 1.29 is 23.9 Å². The highest BCUT2D eigenvalue weighted by Gasteiger charge is 2.46. The molecule has 4 rings (SSSR count). The lowest BCUT2D eigenvalue weighted by Gasteiger charge is -2.41. The smallest absolute Gasteiger partial charge is 0.245 e. The van der Waals surface area contributed by atoms with E-state index in [1.54, 1.807) is 7.11 Å². The fraction of sp³-hybridized carbons (Fsp3) is 0.892. The SMILES string of the molecule is CC[C@@H]1CC[C@@H](COC)N1C(=O)[C@@H]1CCCN1C(=O)[C@@H]1CCCN1C[C@H](C(C)C)N(C)C(=O)[C@@H](NC(=O)[C@H]1CCCCN1C)C(C)(C)C. The van der Waals surface area contributed by atoms with Gasteiger partial charge in [0.1, 0.15) is 12.1 Å². The summed E-state index contributed by atoms with van der Waals surface area (Å²) in [6.45, 7) is 15.7. The zero-order valence-corrected chi connectivity index (χ0v) is 31.5. The Morgan fingerprint density at radius 3 is 2.12 bits per heavy atom. The van der Waals surface area contributed by atoms with E-state index < -0.39 is 17.5 Å². The van der Waals surface area contributed by atoms with Crippen molar-refractivity contribution in [2.24, 2.45) is 11.3 Å². The third-order valence-electron chi connectivity index (χ3n) is 11.7. The van der Waals surface area contributed by atoms with Crippen molar-refractivity contribution in [1.82, 2.24) is 29.8 Å². The van der Waals surface area contributed by atoms with E-state index in [1.807, 2.05) is 49.6 Å². The molecule has 0 saturated carbocycles. The van der Waals surface area contributed by atoms with Gasteiger partial charge in [-0.15, -0.1) is 0 Å². The maximum absolute atomic E-state index is 14.3. The van der Waals surface area contributed by atoms with E-state index in [2.05, 4.69) is 35.9 Å². The Labute approximate surface area is 290 Å². The van der Waals surface area contributed by atoms with E-state index in [4.69, 9.17) is 4.74 Å². The predicted octanol–water partition coefficient (Wildman–Crippen LogP) is 3.36. The molecule has 11 nitrogen and oxygen atoms in total. The number of ether oxygens (including phenoxy) is 1. The van der Waals surface area contributed by atoms with Gasteiger partial charge >= 0.3 is 0 Å². The van der Waals surface area contributed by atoms with Crippen LogP contribution in [0, 0.1) is 11.3 Å². The normalized spacial score (nSPS) is 28.6. The lowest BCUT2D eigenvalue weighted by molar-refractivity contribution is -0.149. The lowest BCUT2D eigenvalue weighted by atomic mass is 9.84. The summed E-state index contributed by atoms with van der Waals surface area (Å²) in [5.41, 5.74) is -0.479. The number of likely N-dealkylation sites (N-methyl/N-ethyl adjacent to an activating group) is 2. The van der Waals surface area contributed by atoms with Crippen LogP contribution in [-0.4, -0.2) is 144 Å². The van der Waals surface area contributed by atoms with E-state index in [9.17, 15) is 19.2 Å². The van der Waals surface area contributed by atoms with Crippen LogP contribution in [0.3, 0.4) is 0 Å². The number of nitrogens with one attached hydrogen (secondary N) is 1. The van der Waals surface area contributed by atoms with Crippen LogP contribution in [0.15, 0.2) is 0 Å². The molecule has 0 aromatic carbocycles. The molecule has 0 bridgehead atoms. The van der Waals surface area contributed by atoms with E-state index in [0.717, 1.165) is 70.9 Å². The Balaban J connectivity index is 1.47. The molecule has 0 spiro atoms. The van der Waals surface area contributed by atoms with Crippen LogP contribution in [0.25, 0.3) is 0 Å². The average Bonchev–Trinajstić information content (AvgIpc) is 3.81. The number of methoxy groups -OCH3 is 1. The van der Waals surface area contributed by atoms with Crippen LogP contribution in [-0.2, 0) is 23.9 Å². The molecule has 274 valence electrons. The maximum Gasteiger partial charge on any atom is 0.245 e. The number of carbonyl (C=O) groups is 4. The Morgan fingerprint density at radius 2 is 1.50 bits per heavy atom. The van der Waals surface area contributed by atoms with Crippen molar-refractivity contribution in [2.45, 2.75) is 148 Å². The van der Waals surface area contributed by atoms with Crippen LogP contribution in [0.1, 0.15) is 106 Å². The zero-order chi connectivity index (χ0) is 35.3. The highest BCUT2D eigenvalue weighted by Crippen LogP contribution is 2.33. The molecule has 4 aliphatic heterocycles. The monoisotopic (exact) mass is 675 g/mol. The number of amides is 4. The number of rotatable bonds is 12. The molecule has 1 N–H and O–H groups in total. The molecule has 0 unspecified atom stereocenters. The molecule has 0 aliphatic carbocycles. The summed E-state index contributed by atoms with van der Waals surface area (Å²) in [4.78, 5) is 66.1. The van der Waals surface area contributed by atoms with Gasteiger partial charge in [0, 0.05) is 39.3 Å². The van der Waals surface area contributed by atoms with E-state index in [0.29, 0.717) is 26.1 Å². The standard InChI is InChI=1S/C37H66N6O5/c1-10-26-18-19-27(24-48-9)43(26)35(46)30-17-14-22-42(30)34(45)29-16-13-21-41(29)23-31(25(2)3)40(8)36(47)32(37(4,5)6)38-33(44)28-15-11-12-20-39(28)7/h25-32H,10-24H2,1-9H3,(H,38,44)/t26-,27+,28-,29+,30+,31-,32-/m1/s1. The van der Waals surface area contributed by atoms with Crippen molar-refractivity contribution in [3.8, 4) is 0 Å². The lowest BCUT2D eigenvalue weighted by Crippen LogP contribution is -2.61. The van der Waals surface area contributed by atoms with Crippen LogP contribution < -0.4 is 5.32 Å². The molecule has 4 heterocycles. The summed E-state index contributed by atoms with van der Waals surface area (Å²) in [5.74, 6) is 0.0920. The molecule has 4 saturated heterocycles. The van der Waals surface area contributed by atoms with Gasteiger partial charge in [0.2, 0.25) is 23.6 Å². The van der Waals surface area contributed by atoms with Gasteiger partial charge in [-0.1, -0.05) is 48.0 Å². The van der Waals surface area contributed by atoms with E-state index in [-0.39, 0.29) is 59.8 Å². The Morgan fingerprint density at radius 1 is 0.854 bits per heavy atom. The highest BCUT2D eigenvalue weighted by molar-refractivity contribution is 5.91. The third-order valence-corrected chi connectivity index (χ3v) is 11.7. The molecular weight excluding hydrogens is 608 g/mol. The van der Waals surface area contributed by atoms with Crippen LogP contribution in [0.4, 0.5) is 0 Å². The first kappa shape index (κ1) is 38.6. The first-order valence-electron chi connectivity index (χ1n) is 18.8. The average molecular weight is 675 g/mol. The molecule has 11 heteroatoms. The maximum atomic E-state index is 14.3. The number of likely N-dealkylation sites (tertiary alicyclic amines) is 4. The Bertz CT molecular complexity index is 1130. The van der Waals surface area contributed by atoms with Crippen LogP contribution >= 0.6 is 0 Å². The molecule has 48 heavy (non-hydrogen) atoms. The van der Waals surface area contributed by atoms with Gasteiger partial charge in [-0.05, 0) is 89.3 Å². The van der Waals surface area contributed by atoms with Crippen molar-refractivity contribution in [2.75, 3.05) is 54.0 Å². The highest BCUT2D eigenvalue weighted by atomic mass is 16.5. The fourth-order valence-corrected chi connectivity index (χ4v) is 8.73. The fourth-order valence-electron chi connectivity index (χ4n) is 8.73. The first-order valence-corrected chi connectivity index (χ1v) is 18.8. The molecule has 0 aromatic heterocycles. The first-order chi connectivity index (χ1) is 22.7. The summed E-state index contributed by atoms with van der Waals surface area (Å²) in [7, 11) is 5.52. The number of nitrogens with zero attached hydrogens (tertiary/aromatic N) is 5. The van der Waals surface area contributed by atoms with Crippen molar-refractivity contribution in [3.05, 3.63) is 0 Å².